The lowest BCUT2D eigenvalue weighted by atomic mass is 10.0. The van der Waals surface area contributed by atoms with Crippen molar-refractivity contribution in [1.29, 1.82) is 0 Å². The third-order valence-corrected chi connectivity index (χ3v) is 4.64. The van der Waals surface area contributed by atoms with E-state index in [1.807, 2.05) is 13.0 Å². The molecular weight excluding hydrogens is 310 g/mol. The van der Waals surface area contributed by atoms with E-state index in [1.165, 1.54) is 17.1 Å². The van der Waals surface area contributed by atoms with Gasteiger partial charge in [0.2, 0.25) is 5.13 Å². The molecule has 2 aromatic rings. The van der Waals surface area contributed by atoms with Gasteiger partial charge in [0.05, 0.1) is 0 Å². The number of nitrogens with zero attached hydrogens (tertiary/aromatic N) is 3. The van der Waals surface area contributed by atoms with Crippen molar-refractivity contribution in [1.82, 2.24) is 19.6 Å². The van der Waals surface area contributed by atoms with Crippen LogP contribution < -0.4 is 10.6 Å². The summed E-state index contributed by atoms with van der Waals surface area (Å²) in [7, 11) is 0. The number of hydrogen-bond acceptors (Lipinski definition) is 5. The van der Waals surface area contributed by atoms with Crippen molar-refractivity contribution in [3.63, 3.8) is 0 Å². The lowest BCUT2D eigenvalue weighted by Crippen LogP contribution is -2.45. The number of aromatic nitrogens is 2. The van der Waals surface area contributed by atoms with Gasteiger partial charge in [-0.2, -0.15) is 4.37 Å². The van der Waals surface area contributed by atoms with E-state index in [-0.39, 0.29) is 12.1 Å². The Bertz CT molecular complexity index is 637. The molecule has 1 aliphatic heterocycles. The number of aryl methyl sites for hydroxylation is 1. The first-order valence-electron chi connectivity index (χ1n) is 7.83. The predicted octanol–water partition coefficient (Wildman–Crippen LogP) is 2.63. The van der Waals surface area contributed by atoms with Crippen LogP contribution in [0.2, 0.25) is 0 Å². The second-order valence-corrected chi connectivity index (χ2v) is 6.53. The van der Waals surface area contributed by atoms with E-state index in [4.69, 9.17) is 0 Å². The van der Waals surface area contributed by atoms with Crippen molar-refractivity contribution in [3.8, 4) is 0 Å². The molecule has 1 aromatic carbocycles. The minimum Gasteiger partial charge on any atom is -0.335 e. The zero-order valence-corrected chi connectivity index (χ0v) is 14.0. The van der Waals surface area contributed by atoms with Gasteiger partial charge in [0.15, 0.2) is 0 Å². The minimum absolute atomic E-state index is 0.192. The Labute approximate surface area is 140 Å². The van der Waals surface area contributed by atoms with Crippen LogP contribution >= 0.6 is 11.5 Å². The van der Waals surface area contributed by atoms with Crippen molar-refractivity contribution in [3.05, 3.63) is 41.7 Å². The number of anilines is 1. The molecule has 1 fully saturated rings. The van der Waals surface area contributed by atoms with Gasteiger partial charge in [0, 0.05) is 37.2 Å². The molecule has 23 heavy (non-hydrogen) atoms. The Morgan fingerprint density at radius 2 is 2.04 bits per heavy atom. The highest BCUT2D eigenvalue weighted by atomic mass is 32.1. The Morgan fingerprint density at radius 1 is 1.30 bits per heavy atom. The monoisotopic (exact) mass is 331 g/mol. The molecule has 2 heterocycles. The fourth-order valence-corrected chi connectivity index (χ4v) is 3.31. The summed E-state index contributed by atoms with van der Waals surface area (Å²) < 4.78 is 4.05. The van der Waals surface area contributed by atoms with Crippen LogP contribution in [0.15, 0.2) is 30.3 Å². The summed E-state index contributed by atoms with van der Waals surface area (Å²) in [5.74, 6) is 0.680. The quantitative estimate of drug-likeness (QED) is 0.903. The number of likely N-dealkylation sites (tertiary alicyclic amines) is 1. The van der Waals surface area contributed by atoms with Crippen molar-refractivity contribution in [2.45, 2.75) is 32.4 Å². The summed E-state index contributed by atoms with van der Waals surface area (Å²) in [5.41, 5.74) is 1.34. The zero-order chi connectivity index (χ0) is 16.1. The minimum atomic E-state index is -0.192. The Kier molecular flexibility index (Phi) is 5.19. The normalized spacial score (nSPS) is 16.2. The molecule has 7 heteroatoms. The summed E-state index contributed by atoms with van der Waals surface area (Å²) in [6.45, 7) is 4.78. The first-order valence-corrected chi connectivity index (χ1v) is 8.60. The van der Waals surface area contributed by atoms with Crippen LogP contribution in [0.25, 0.3) is 0 Å². The van der Waals surface area contributed by atoms with Gasteiger partial charge >= 0.3 is 6.03 Å². The van der Waals surface area contributed by atoms with Gasteiger partial charge < -0.3 is 5.32 Å². The molecule has 6 nitrogen and oxygen atoms in total. The Balaban J connectivity index is 1.41. The fourth-order valence-electron chi connectivity index (χ4n) is 2.74. The van der Waals surface area contributed by atoms with E-state index in [0.717, 1.165) is 32.5 Å². The lowest BCUT2D eigenvalue weighted by Gasteiger charge is -2.32. The molecule has 1 aliphatic rings. The number of piperidine rings is 1. The van der Waals surface area contributed by atoms with E-state index in [2.05, 4.69) is 49.2 Å². The molecule has 2 N–H and O–H groups in total. The van der Waals surface area contributed by atoms with Gasteiger partial charge in [-0.05, 0) is 25.3 Å². The van der Waals surface area contributed by atoms with Gasteiger partial charge in [0.25, 0.3) is 0 Å². The lowest BCUT2D eigenvalue weighted by molar-refractivity contribution is 0.190. The number of urea groups is 1. The Morgan fingerprint density at radius 3 is 2.70 bits per heavy atom. The van der Waals surface area contributed by atoms with Gasteiger partial charge in [-0.15, -0.1) is 0 Å². The van der Waals surface area contributed by atoms with E-state index < -0.39 is 0 Å². The third kappa shape index (κ3) is 4.74. The SMILES string of the molecule is Cc1nsc(NC(=O)NC2CCN(Cc3ccccc3)CC2)n1. The maximum absolute atomic E-state index is 12.0. The Hall–Kier alpha value is -1.99. The molecular formula is C16H21N5OS. The second-order valence-electron chi connectivity index (χ2n) is 5.78. The van der Waals surface area contributed by atoms with Crippen LogP contribution in [0.4, 0.5) is 9.93 Å². The van der Waals surface area contributed by atoms with Crippen molar-refractivity contribution in [2.24, 2.45) is 0 Å². The summed E-state index contributed by atoms with van der Waals surface area (Å²) in [6, 6.07) is 10.5. The molecule has 0 atom stereocenters. The molecule has 1 aromatic heterocycles. The number of carbonyl (C=O) groups is 1. The van der Waals surface area contributed by atoms with Crippen LogP contribution in [0.1, 0.15) is 24.2 Å². The number of benzene rings is 1. The van der Waals surface area contributed by atoms with Crippen LogP contribution in [0.5, 0.6) is 0 Å². The molecule has 0 bridgehead atoms. The van der Waals surface area contributed by atoms with Gasteiger partial charge in [-0.25, -0.2) is 9.78 Å². The highest BCUT2D eigenvalue weighted by Gasteiger charge is 2.21. The summed E-state index contributed by atoms with van der Waals surface area (Å²) in [6.07, 6.45) is 1.94. The molecule has 0 saturated carbocycles. The molecule has 0 unspecified atom stereocenters. The number of amides is 2. The van der Waals surface area contributed by atoms with Crippen LogP contribution in [-0.2, 0) is 6.54 Å². The fraction of sp³-hybridized carbons (Fsp3) is 0.438. The molecule has 2 amide bonds. The van der Waals surface area contributed by atoms with Crippen LogP contribution in [-0.4, -0.2) is 39.4 Å². The summed E-state index contributed by atoms with van der Waals surface area (Å²) >= 11 is 1.20. The highest BCUT2D eigenvalue weighted by molar-refractivity contribution is 7.09. The van der Waals surface area contributed by atoms with E-state index in [9.17, 15) is 4.79 Å². The van der Waals surface area contributed by atoms with E-state index in [1.54, 1.807) is 0 Å². The maximum Gasteiger partial charge on any atom is 0.321 e. The van der Waals surface area contributed by atoms with Gasteiger partial charge in [0.1, 0.15) is 5.82 Å². The molecule has 0 spiro atoms. The van der Waals surface area contributed by atoms with Crippen molar-refractivity contribution < 1.29 is 4.79 Å². The topological polar surface area (TPSA) is 70.2 Å². The number of nitrogens with one attached hydrogen (secondary N) is 2. The van der Waals surface area contributed by atoms with Gasteiger partial charge in [-0.1, -0.05) is 30.3 Å². The molecule has 122 valence electrons. The second kappa shape index (κ2) is 7.52. The predicted molar refractivity (Wildman–Crippen MR) is 91.5 cm³/mol. The first-order chi connectivity index (χ1) is 11.2. The molecule has 3 rings (SSSR count). The average molecular weight is 331 g/mol. The number of rotatable bonds is 4. The molecule has 1 saturated heterocycles. The standard InChI is InChI=1S/C16H21N5OS/c1-12-17-16(23-20-12)19-15(22)18-14-7-9-21(10-8-14)11-13-5-3-2-4-6-13/h2-6,14H,7-11H2,1H3,(H2,17,18,19,20,22). The molecule has 0 radical (unpaired) electrons. The van der Waals surface area contributed by atoms with E-state index >= 15 is 0 Å². The number of hydrogen-bond donors (Lipinski definition) is 2. The van der Waals surface area contributed by atoms with Gasteiger partial charge in [-0.3, -0.25) is 10.2 Å². The van der Waals surface area contributed by atoms with Crippen LogP contribution in [0.3, 0.4) is 0 Å². The largest absolute Gasteiger partial charge is 0.335 e. The maximum atomic E-state index is 12.0. The smallest absolute Gasteiger partial charge is 0.321 e. The third-order valence-electron chi connectivity index (χ3n) is 3.92. The van der Waals surface area contributed by atoms with Crippen molar-refractivity contribution in [2.75, 3.05) is 18.4 Å². The first kappa shape index (κ1) is 15.9. The average Bonchev–Trinajstić information content (AvgIpc) is 2.95. The highest BCUT2D eigenvalue weighted by Crippen LogP contribution is 2.14. The number of carbonyl (C=O) groups excluding carboxylic acids is 1. The summed E-state index contributed by atoms with van der Waals surface area (Å²) in [4.78, 5) is 18.5. The summed E-state index contributed by atoms with van der Waals surface area (Å²) in [5, 5.41) is 6.31. The van der Waals surface area contributed by atoms with E-state index in [0.29, 0.717) is 11.0 Å². The zero-order valence-electron chi connectivity index (χ0n) is 13.2. The molecule has 0 aliphatic carbocycles. The van der Waals surface area contributed by atoms with Crippen LogP contribution in [0, 0.1) is 6.92 Å². The van der Waals surface area contributed by atoms with Crippen molar-refractivity contribution >= 4 is 22.7 Å².